The predicted octanol–water partition coefficient (Wildman–Crippen LogP) is 2.54. The second kappa shape index (κ2) is 8.30. The normalized spacial score (nSPS) is 14.8. The van der Waals surface area contributed by atoms with E-state index in [0.29, 0.717) is 12.8 Å². The van der Waals surface area contributed by atoms with E-state index in [9.17, 15) is 4.79 Å². The van der Waals surface area contributed by atoms with Crippen LogP contribution in [0, 0.1) is 6.92 Å². The third-order valence-corrected chi connectivity index (χ3v) is 4.80. The van der Waals surface area contributed by atoms with E-state index in [-0.39, 0.29) is 5.91 Å². The molecule has 2 aromatic rings. The third kappa shape index (κ3) is 4.92. The minimum atomic E-state index is 0.123. The van der Waals surface area contributed by atoms with Crippen LogP contribution in [-0.2, 0) is 18.3 Å². The van der Waals surface area contributed by atoms with Gasteiger partial charge >= 0.3 is 0 Å². The summed E-state index contributed by atoms with van der Waals surface area (Å²) < 4.78 is 1.83. The van der Waals surface area contributed by atoms with Gasteiger partial charge in [0.25, 0.3) is 0 Å². The van der Waals surface area contributed by atoms with Crippen LogP contribution in [0.5, 0.6) is 0 Å². The minimum absolute atomic E-state index is 0.123. The number of benzene rings is 1. The molecule has 1 aromatic carbocycles. The van der Waals surface area contributed by atoms with Crippen molar-refractivity contribution in [2.75, 3.05) is 26.2 Å². The van der Waals surface area contributed by atoms with E-state index in [0.717, 1.165) is 29.9 Å². The first-order valence-corrected chi connectivity index (χ1v) is 9.20. The summed E-state index contributed by atoms with van der Waals surface area (Å²) in [5.41, 5.74) is 4.45. The first kappa shape index (κ1) is 17.7. The highest BCUT2D eigenvalue weighted by Gasteiger charge is 2.13. The molecule has 0 unspecified atom stereocenters. The average Bonchev–Trinajstić information content (AvgIpc) is 3.23. The Morgan fingerprint density at radius 3 is 2.64 bits per heavy atom. The van der Waals surface area contributed by atoms with Gasteiger partial charge in [0.2, 0.25) is 5.91 Å². The monoisotopic (exact) mass is 340 g/mol. The smallest absolute Gasteiger partial charge is 0.220 e. The summed E-state index contributed by atoms with van der Waals surface area (Å²) in [4.78, 5) is 14.5. The quantitative estimate of drug-likeness (QED) is 0.843. The van der Waals surface area contributed by atoms with Gasteiger partial charge in [-0.15, -0.1) is 0 Å². The Morgan fingerprint density at radius 2 is 1.92 bits per heavy atom. The molecule has 0 radical (unpaired) electrons. The standard InChI is InChI=1S/C20H28N4O/c1-16-5-7-17(8-6-16)20-18(15-23(2)22-20)9-10-19(25)21-11-14-24-12-3-4-13-24/h5-8,15H,3-4,9-14H2,1-2H3,(H,21,25). The SMILES string of the molecule is Cc1ccc(-c2nn(C)cc2CCC(=O)NCCN2CCCC2)cc1. The van der Waals surface area contributed by atoms with E-state index in [1.165, 1.54) is 31.5 Å². The van der Waals surface area contributed by atoms with Crippen LogP contribution >= 0.6 is 0 Å². The Bertz CT molecular complexity index is 699. The van der Waals surface area contributed by atoms with Crippen molar-refractivity contribution in [2.24, 2.45) is 7.05 Å². The van der Waals surface area contributed by atoms with Gasteiger partial charge in [-0.25, -0.2) is 0 Å². The highest BCUT2D eigenvalue weighted by Crippen LogP contribution is 2.23. The molecule has 0 atom stereocenters. The lowest BCUT2D eigenvalue weighted by Gasteiger charge is -2.14. The highest BCUT2D eigenvalue weighted by atomic mass is 16.1. The zero-order valence-electron chi connectivity index (χ0n) is 15.3. The molecule has 1 N–H and O–H groups in total. The van der Waals surface area contributed by atoms with Crippen molar-refractivity contribution in [3.05, 3.63) is 41.6 Å². The van der Waals surface area contributed by atoms with Crippen LogP contribution in [-0.4, -0.2) is 46.8 Å². The van der Waals surface area contributed by atoms with Gasteiger partial charge in [0.15, 0.2) is 0 Å². The Morgan fingerprint density at radius 1 is 1.20 bits per heavy atom. The van der Waals surface area contributed by atoms with Gasteiger partial charge < -0.3 is 10.2 Å². The number of likely N-dealkylation sites (tertiary alicyclic amines) is 1. The molecule has 0 aliphatic carbocycles. The van der Waals surface area contributed by atoms with E-state index in [2.05, 4.69) is 46.5 Å². The van der Waals surface area contributed by atoms with E-state index in [1.54, 1.807) is 0 Å². The number of aryl methyl sites for hydroxylation is 3. The summed E-state index contributed by atoms with van der Waals surface area (Å²) in [5.74, 6) is 0.123. The molecule has 5 nitrogen and oxygen atoms in total. The van der Waals surface area contributed by atoms with Crippen molar-refractivity contribution < 1.29 is 4.79 Å². The lowest BCUT2D eigenvalue weighted by molar-refractivity contribution is -0.121. The molecular weight excluding hydrogens is 312 g/mol. The second-order valence-electron chi connectivity index (χ2n) is 6.94. The fourth-order valence-corrected chi connectivity index (χ4v) is 3.37. The van der Waals surface area contributed by atoms with Gasteiger partial charge in [-0.3, -0.25) is 9.48 Å². The Labute approximate surface area is 150 Å². The van der Waals surface area contributed by atoms with Crippen molar-refractivity contribution in [2.45, 2.75) is 32.6 Å². The van der Waals surface area contributed by atoms with Crippen molar-refractivity contribution in [1.82, 2.24) is 20.0 Å². The third-order valence-electron chi connectivity index (χ3n) is 4.80. The second-order valence-corrected chi connectivity index (χ2v) is 6.94. The van der Waals surface area contributed by atoms with Gasteiger partial charge in [-0.2, -0.15) is 5.10 Å². The molecule has 0 saturated carbocycles. The number of hydrogen-bond donors (Lipinski definition) is 1. The predicted molar refractivity (Wildman–Crippen MR) is 100 cm³/mol. The summed E-state index contributed by atoms with van der Waals surface area (Å²) in [5, 5.41) is 7.63. The summed E-state index contributed by atoms with van der Waals surface area (Å²) in [6, 6.07) is 8.38. The molecular formula is C20H28N4O. The van der Waals surface area contributed by atoms with E-state index in [1.807, 2.05) is 17.9 Å². The molecule has 1 aliphatic rings. The van der Waals surface area contributed by atoms with Gasteiger partial charge in [-0.05, 0) is 44.8 Å². The lowest BCUT2D eigenvalue weighted by atomic mass is 10.0. The zero-order valence-corrected chi connectivity index (χ0v) is 15.3. The van der Waals surface area contributed by atoms with Crippen LogP contribution in [0.1, 0.15) is 30.4 Å². The lowest BCUT2D eigenvalue weighted by Crippen LogP contribution is -2.33. The van der Waals surface area contributed by atoms with Crippen molar-refractivity contribution >= 4 is 5.91 Å². The first-order chi connectivity index (χ1) is 12.1. The molecule has 0 bridgehead atoms. The molecule has 0 spiro atoms. The number of aromatic nitrogens is 2. The van der Waals surface area contributed by atoms with Crippen molar-refractivity contribution in [3.8, 4) is 11.3 Å². The fourth-order valence-electron chi connectivity index (χ4n) is 3.37. The average molecular weight is 340 g/mol. The van der Waals surface area contributed by atoms with E-state index < -0.39 is 0 Å². The molecule has 1 saturated heterocycles. The Kier molecular flexibility index (Phi) is 5.87. The van der Waals surface area contributed by atoms with Crippen LogP contribution in [0.15, 0.2) is 30.5 Å². The molecule has 3 rings (SSSR count). The maximum Gasteiger partial charge on any atom is 0.220 e. The highest BCUT2D eigenvalue weighted by molar-refractivity contribution is 5.76. The summed E-state index contributed by atoms with van der Waals surface area (Å²) in [6.45, 7) is 6.14. The van der Waals surface area contributed by atoms with E-state index >= 15 is 0 Å². The molecule has 1 aliphatic heterocycles. The summed E-state index contributed by atoms with van der Waals surface area (Å²) >= 11 is 0. The van der Waals surface area contributed by atoms with Crippen molar-refractivity contribution in [3.63, 3.8) is 0 Å². The number of rotatable bonds is 7. The molecule has 2 heterocycles. The first-order valence-electron chi connectivity index (χ1n) is 9.20. The number of carbonyl (C=O) groups is 1. The number of nitrogens with zero attached hydrogens (tertiary/aromatic N) is 3. The molecule has 5 heteroatoms. The summed E-state index contributed by atoms with van der Waals surface area (Å²) in [7, 11) is 1.93. The largest absolute Gasteiger partial charge is 0.355 e. The Balaban J connectivity index is 1.52. The molecule has 1 amide bonds. The van der Waals surface area contributed by atoms with Crippen LogP contribution in [0.3, 0.4) is 0 Å². The van der Waals surface area contributed by atoms with Crippen LogP contribution in [0.2, 0.25) is 0 Å². The van der Waals surface area contributed by atoms with Crippen LogP contribution in [0.4, 0.5) is 0 Å². The number of nitrogens with one attached hydrogen (secondary N) is 1. The van der Waals surface area contributed by atoms with Gasteiger partial charge in [0.1, 0.15) is 0 Å². The van der Waals surface area contributed by atoms with Crippen LogP contribution in [0.25, 0.3) is 11.3 Å². The minimum Gasteiger partial charge on any atom is -0.355 e. The maximum atomic E-state index is 12.1. The zero-order chi connectivity index (χ0) is 17.6. The van der Waals surface area contributed by atoms with Crippen molar-refractivity contribution in [1.29, 1.82) is 0 Å². The fraction of sp³-hybridized carbons (Fsp3) is 0.500. The van der Waals surface area contributed by atoms with E-state index in [4.69, 9.17) is 0 Å². The van der Waals surface area contributed by atoms with Gasteiger partial charge in [-0.1, -0.05) is 29.8 Å². The topological polar surface area (TPSA) is 50.2 Å². The Hall–Kier alpha value is -2.14. The van der Waals surface area contributed by atoms with Gasteiger partial charge in [0.05, 0.1) is 5.69 Å². The molecule has 25 heavy (non-hydrogen) atoms. The van der Waals surface area contributed by atoms with Crippen LogP contribution < -0.4 is 5.32 Å². The number of hydrogen-bond acceptors (Lipinski definition) is 3. The molecule has 134 valence electrons. The maximum absolute atomic E-state index is 12.1. The van der Waals surface area contributed by atoms with Gasteiger partial charge in [0, 0.05) is 38.3 Å². The number of carbonyl (C=O) groups excluding carboxylic acids is 1. The molecule has 1 fully saturated rings. The summed E-state index contributed by atoms with van der Waals surface area (Å²) in [6.07, 6.45) is 5.82. The molecule has 1 aromatic heterocycles. The number of amides is 1.